The molecule has 3 nitrogen and oxygen atoms in total. The van der Waals surface area contributed by atoms with Gasteiger partial charge < -0.3 is 14.9 Å². The van der Waals surface area contributed by atoms with E-state index in [9.17, 15) is 5.11 Å². The molecule has 2 unspecified atom stereocenters. The van der Waals surface area contributed by atoms with Crippen molar-refractivity contribution in [3.05, 3.63) is 0 Å². The van der Waals surface area contributed by atoms with Gasteiger partial charge in [0.15, 0.2) is 0 Å². The van der Waals surface area contributed by atoms with Crippen molar-refractivity contribution in [2.24, 2.45) is 5.92 Å². The van der Waals surface area contributed by atoms with Crippen molar-refractivity contribution in [3.63, 3.8) is 0 Å². The lowest BCUT2D eigenvalue weighted by atomic mass is 9.81. The van der Waals surface area contributed by atoms with Crippen LogP contribution in [0.1, 0.15) is 6.92 Å². The van der Waals surface area contributed by atoms with Crippen LogP contribution in [0.15, 0.2) is 0 Å². The summed E-state index contributed by atoms with van der Waals surface area (Å²) >= 11 is 0. The van der Waals surface area contributed by atoms with Crippen molar-refractivity contribution in [2.45, 2.75) is 24.9 Å². The summed E-state index contributed by atoms with van der Waals surface area (Å²) in [5.74, 6) is -0.340. The lowest BCUT2D eigenvalue weighted by Gasteiger charge is -2.19. The maximum atomic E-state index is 9.45. The third-order valence-electron chi connectivity index (χ3n) is 2.08. The van der Waals surface area contributed by atoms with Gasteiger partial charge in [-0.3, -0.25) is 0 Å². The minimum atomic E-state index is -0.611. The van der Waals surface area contributed by atoms with E-state index in [0.29, 0.717) is 6.61 Å². The minimum Gasteiger partial charge on any atom is -0.396 e. The number of ether oxygens (including phenoxy) is 1. The fourth-order valence-corrected chi connectivity index (χ4v) is 1.32. The summed E-state index contributed by atoms with van der Waals surface area (Å²) in [6.45, 7) is 2.15. The summed E-state index contributed by atoms with van der Waals surface area (Å²) in [6.07, 6.45) is -0.924. The third kappa shape index (κ3) is 1.75. The number of aliphatic hydroxyl groups is 2. The zero-order chi connectivity index (χ0) is 8.43. The van der Waals surface area contributed by atoms with E-state index in [1.807, 2.05) is 0 Å². The molecule has 0 spiro atoms. The molecule has 4 heteroatoms. The molecule has 0 amide bonds. The van der Waals surface area contributed by atoms with Crippen LogP contribution in [0.25, 0.3) is 0 Å². The predicted molar refractivity (Wildman–Crippen MR) is 41.5 cm³/mol. The van der Waals surface area contributed by atoms with Crippen LogP contribution < -0.4 is 0 Å². The topological polar surface area (TPSA) is 49.7 Å². The number of hydrogen-bond donors (Lipinski definition) is 2. The Morgan fingerprint density at radius 3 is 2.64 bits per heavy atom. The first-order chi connectivity index (χ1) is 5.16. The van der Waals surface area contributed by atoms with E-state index in [0.717, 1.165) is 0 Å². The second-order valence-corrected chi connectivity index (χ2v) is 3.09. The first-order valence-corrected chi connectivity index (χ1v) is 3.83. The van der Waals surface area contributed by atoms with Gasteiger partial charge in [0.05, 0.1) is 33.3 Å². The number of rotatable bonds is 2. The molecule has 0 aromatic heterocycles. The van der Waals surface area contributed by atoms with Gasteiger partial charge >= 0.3 is 0 Å². The summed E-state index contributed by atoms with van der Waals surface area (Å²) in [6, 6.07) is 0. The van der Waals surface area contributed by atoms with Crippen LogP contribution >= 0.6 is 0 Å². The maximum Gasteiger partial charge on any atom is 0.0869 e. The number of aliphatic hydroxyl groups excluding tert-OH is 2. The Morgan fingerprint density at radius 1 is 1.73 bits per heavy atom. The van der Waals surface area contributed by atoms with E-state index < -0.39 is 6.10 Å². The highest BCUT2D eigenvalue weighted by Crippen LogP contribution is 2.26. The van der Waals surface area contributed by atoms with Crippen LogP contribution in [-0.4, -0.2) is 43.5 Å². The largest absolute Gasteiger partial charge is 0.396 e. The Morgan fingerprint density at radius 2 is 2.36 bits per heavy atom. The summed E-state index contributed by atoms with van der Waals surface area (Å²) in [4.78, 5) is 0. The second kappa shape index (κ2) is 3.56. The molecule has 0 bridgehead atoms. The molecule has 1 heterocycles. The van der Waals surface area contributed by atoms with Gasteiger partial charge in [0.2, 0.25) is 0 Å². The Hall–Kier alpha value is -0.0551. The quantitative estimate of drug-likeness (QED) is 0.521. The fourth-order valence-electron chi connectivity index (χ4n) is 1.32. The van der Waals surface area contributed by atoms with Crippen LogP contribution in [0, 0.1) is 5.92 Å². The average Bonchev–Trinajstić information content (AvgIpc) is 2.30. The van der Waals surface area contributed by atoms with Crippen LogP contribution in [0.3, 0.4) is 0 Å². The molecule has 1 fully saturated rings. The van der Waals surface area contributed by atoms with Crippen molar-refractivity contribution in [3.8, 4) is 0 Å². The van der Waals surface area contributed by atoms with Gasteiger partial charge in [-0.1, -0.05) is 12.7 Å². The van der Waals surface area contributed by atoms with E-state index in [-0.39, 0.29) is 24.4 Å². The van der Waals surface area contributed by atoms with Gasteiger partial charge in [0.1, 0.15) is 0 Å². The summed E-state index contributed by atoms with van der Waals surface area (Å²) in [7, 11) is 5.54. The van der Waals surface area contributed by atoms with Gasteiger partial charge in [0.25, 0.3) is 0 Å². The van der Waals surface area contributed by atoms with Gasteiger partial charge in [-0.15, -0.1) is 0 Å². The van der Waals surface area contributed by atoms with Crippen molar-refractivity contribution in [1.29, 1.82) is 0 Å². The normalized spacial score (nSPS) is 40.8. The fraction of sp³-hybridized carbons (Fsp3) is 1.00. The van der Waals surface area contributed by atoms with Gasteiger partial charge in [-0.05, 0) is 0 Å². The zero-order valence-electron chi connectivity index (χ0n) is 6.60. The van der Waals surface area contributed by atoms with Crippen molar-refractivity contribution >= 4 is 7.85 Å². The van der Waals surface area contributed by atoms with Crippen molar-refractivity contribution in [1.82, 2.24) is 0 Å². The molecule has 2 N–H and O–H groups in total. The average molecular weight is 156 g/mol. The molecule has 0 aliphatic carbocycles. The first kappa shape index (κ1) is 9.04. The predicted octanol–water partition coefficient (Wildman–Crippen LogP) is -0.669. The van der Waals surface area contributed by atoms with E-state index >= 15 is 0 Å². The molecular weight excluding hydrogens is 143 g/mol. The molecule has 2 radical (unpaired) electrons. The zero-order valence-corrected chi connectivity index (χ0v) is 6.60. The SMILES string of the molecule is [B][C@H](C)[C@H]1OCC(CO)C1O. The molecule has 1 saturated heterocycles. The van der Waals surface area contributed by atoms with Crippen LogP contribution in [0.5, 0.6) is 0 Å². The molecule has 0 aromatic carbocycles. The highest BCUT2D eigenvalue weighted by atomic mass is 16.5. The van der Waals surface area contributed by atoms with Crippen LogP contribution in [-0.2, 0) is 4.74 Å². The molecule has 4 atom stereocenters. The smallest absolute Gasteiger partial charge is 0.0869 e. The summed E-state index contributed by atoms with van der Waals surface area (Å²) < 4.78 is 5.20. The molecule has 1 aliphatic rings. The molecular formula is C7H13BO3. The van der Waals surface area contributed by atoms with Gasteiger partial charge in [0, 0.05) is 5.92 Å². The van der Waals surface area contributed by atoms with Gasteiger partial charge in [-0.2, -0.15) is 0 Å². The van der Waals surface area contributed by atoms with Gasteiger partial charge in [-0.25, -0.2) is 0 Å². The van der Waals surface area contributed by atoms with E-state index in [1.54, 1.807) is 6.92 Å². The standard InChI is InChI=1S/C7H13BO3/c1-4(8)7-6(10)5(2-9)3-11-7/h4-7,9-10H,2-3H2,1H3/t4-,5?,6?,7-/m1/s1. The minimum absolute atomic E-state index is 0.0373. The highest BCUT2D eigenvalue weighted by molar-refractivity contribution is 6.11. The first-order valence-electron chi connectivity index (χ1n) is 3.83. The molecule has 11 heavy (non-hydrogen) atoms. The van der Waals surface area contributed by atoms with E-state index in [1.165, 1.54) is 0 Å². The monoisotopic (exact) mass is 156 g/mol. The molecule has 0 aromatic rings. The molecule has 0 saturated carbocycles. The Kier molecular flexibility index (Phi) is 2.93. The summed E-state index contributed by atoms with van der Waals surface area (Å²) in [5, 5.41) is 18.2. The third-order valence-corrected chi connectivity index (χ3v) is 2.08. The Bertz CT molecular complexity index is 129. The Balaban J connectivity index is 2.48. The summed E-state index contributed by atoms with van der Waals surface area (Å²) in [5.41, 5.74) is 0. The van der Waals surface area contributed by atoms with Crippen molar-refractivity contribution in [2.75, 3.05) is 13.2 Å². The van der Waals surface area contributed by atoms with E-state index in [2.05, 4.69) is 0 Å². The lowest BCUT2D eigenvalue weighted by molar-refractivity contribution is 0.0340. The van der Waals surface area contributed by atoms with E-state index in [4.69, 9.17) is 17.7 Å². The lowest BCUT2D eigenvalue weighted by Crippen LogP contribution is -2.30. The highest BCUT2D eigenvalue weighted by Gasteiger charge is 2.36. The van der Waals surface area contributed by atoms with Crippen LogP contribution in [0.4, 0.5) is 0 Å². The van der Waals surface area contributed by atoms with Crippen molar-refractivity contribution < 1.29 is 14.9 Å². The second-order valence-electron chi connectivity index (χ2n) is 3.09. The Labute approximate surface area is 67.8 Å². The van der Waals surface area contributed by atoms with Crippen LogP contribution in [0.2, 0.25) is 5.82 Å². The molecule has 1 aliphatic heterocycles. The number of hydrogen-bond acceptors (Lipinski definition) is 3. The maximum absolute atomic E-state index is 9.45. The molecule has 62 valence electrons. The molecule has 1 rings (SSSR count).